The first kappa shape index (κ1) is 12.2. The number of imidazole rings is 1. The number of amides is 1. The minimum atomic E-state index is -0.182. The van der Waals surface area contributed by atoms with Gasteiger partial charge in [0.05, 0.1) is 18.2 Å². The van der Waals surface area contributed by atoms with Crippen molar-refractivity contribution in [3.8, 4) is 0 Å². The smallest absolute Gasteiger partial charge is 0.258 e. The van der Waals surface area contributed by atoms with E-state index in [1.54, 1.807) is 18.6 Å². The number of aromatic nitrogens is 2. The normalized spacial score (nSPS) is 10.4. The molecule has 0 radical (unpaired) electrons. The largest absolute Gasteiger partial charge is 0.472 e. The van der Waals surface area contributed by atoms with E-state index in [9.17, 15) is 4.79 Å². The fraction of sp³-hybridized carbons (Fsp3) is 0.0667. The molecule has 0 aliphatic heterocycles. The van der Waals surface area contributed by atoms with Gasteiger partial charge in [-0.15, -0.1) is 0 Å². The molecule has 5 nitrogen and oxygen atoms in total. The Kier molecular flexibility index (Phi) is 3.33. The molecule has 0 saturated carbocycles. The van der Waals surface area contributed by atoms with Gasteiger partial charge in [-0.25, -0.2) is 4.98 Å². The van der Waals surface area contributed by atoms with E-state index in [2.05, 4.69) is 10.3 Å². The van der Waals surface area contributed by atoms with E-state index in [1.165, 1.54) is 12.5 Å². The predicted octanol–water partition coefficient (Wildman–Crippen LogP) is 2.78. The van der Waals surface area contributed by atoms with Gasteiger partial charge in [0.2, 0.25) is 0 Å². The first-order valence-corrected chi connectivity index (χ1v) is 6.19. The van der Waals surface area contributed by atoms with Crippen molar-refractivity contribution in [3.63, 3.8) is 0 Å². The van der Waals surface area contributed by atoms with Crippen LogP contribution in [-0.4, -0.2) is 15.5 Å². The van der Waals surface area contributed by atoms with Gasteiger partial charge in [-0.2, -0.15) is 0 Å². The van der Waals surface area contributed by atoms with E-state index in [1.807, 2.05) is 35.0 Å². The van der Waals surface area contributed by atoms with Crippen molar-refractivity contribution >= 4 is 11.6 Å². The van der Waals surface area contributed by atoms with Crippen molar-refractivity contribution in [1.82, 2.24) is 9.55 Å². The molecule has 20 heavy (non-hydrogen) atoms. The van der Waals surface area contributed by atoms with Crippen LogP contribution >= 0.6 is 0 Å². The summed E-state index contributed by atoms with van der Waals surface area (Å²) in [5.41, 5.74) is 2.35. The summed E-state index contributed by atoms with van der Waals surface area (Å²) in [7, 11) is 0. The van der Waals surface area contributed by atoms with Gasteiger partial charge < -0.3 is 14.3 Å². The maximum atomic E-state index is 11.9. The maximum absolute atomic E-state index is 11.9. The van der Waals surface area contributed by atoms with Crippen LogP contribution in [0.3, 0.4) is 0 Å². The molecule has 0 fully saturated rings. The molecule has 5 heteroatoms. The summed E-state index contributed by atoms with van der Waals surface area (Å²) in [4.78, 5) is 15.9. The van der Waals surface area contributed by atoms with E-state index < -0.39 is 0 Å². The fourth-order valence-corrected chi connectivity index (χ4v) is 1.94. The number of rotatable bonds is 4. The average Bonchev–Trinajstić information content (AvgIpc) is 3.12. The van der Waals surface area contributed by atoms with Gasteiger partial charge in [-0.3, -0.25) is 4.79 Å². The molecule has 3 aromatic rings. The summed E-state index contributed by atoms with van der Waals surface area (Å²) < 4.78 is 6.87. The Balaban J connectivity index is 1.73. The Labute approximate surface area is 115 Å². The first-order chi connectivity index (χ1) is 9.81. The van der Waals surface area contributed by atoms with Crippen molar-refractivity contribution in [3.05, 3.63) is 72.7 Å². The van der Waals surface area contributed by atoms with Crippen molar-refractivity contribution < 1.29 is 9.21 Å². The number of furan rings is 1. The molecule has 0 atom stereocenters. The van der Waals surface area contributed by atoms with Crippen LogP contribution in [0, 0.1) is 0 Å². The van der Waals surface area contributed by atoms with Gasteiger partial charge in [0.1, 0.15) is 6.26 Å². The lowest BCUT2D eigenvalue weighted by molar-refractivity contribution is 0.102. The lowest BCUT2D eigenvalue weighted by Gasteiger charge is -2.07. The Bertz CT molecular complexity index is 688. The number of nitrogens with zero attached hydrogens (tertiary/aromatic N) is 2. The Morgan fingerprint density at radius 2 is 2.30 bits per heavy atom. The average molecular weight is 267 g/mol. The van der Waals surface area contributed by atoms with Crippen LogP contribution < -0.4 is 5.32 Å². The van der Waals surface area contributed by atoms with Gasteiger partial charge in [0.15, 0.2) is 0 Å². The van der Waals surface area contributed by atoms with Gasteiger partial charge in [0, 0.05) is 24.6 Å². The molecule has 0 unspecified atom stereocenters. The summed E-state index contributed by atoms with van der Waals surface area (Å²) in [6.07, 6.45) is 8.30. The number of benzene rings is 1. The van der Waals surface area contributed by atoms with Crippen LogP contribution in [0.5, 0.6) is 0 Å². The highest BCUT2D eigenvalue weighted by molar-refractivity contribution is 6.03. The molecule has 1 N–H and O–H groups in total. The van der Waals surface area contributed by atoms with Crippen LogP contribution in [0.2, 0.25) is 0 Å². The van der Waals surface area contributed by atoms with E-state index in [4.69, 9.17) is 4.42 Å². The summed E-state index contributed by atoms with van der Waals surface area (Å²) in [6.45, 7) is 0.718. The van der Waals surface area contributed by atoms with Gasteiger partial charge >= 0.3 is 0 Å². The third kappa shape index (κ3) is 2.77. The highest BCUT2D eigenvalue weighted by atomic mass is 16.3. The van der Waals surface area contributed by atoms with Gasteiger partial charge in [0.25, 0.3) is 5.91 Å². The molecule has 0 bridgehead atoms. The Morgan fingerprint density at radius 3 is 3.05 bits per heavy atom. The molecule has 2 aromatic heterocycles. The predicted molar refractivity (Wildman–Crippen MR) is 74.4 cm³/mol. The van der Waals surface area contributed by atoms with Gasteiger partial charge in [-0.05, 0) is 23.8 Å². The molecule has 2 heterocycles. The lowest BCUT2D eigenvalue weighted by Crippen LogP contribution is -2.11. The van der Waals surface area contributed by atoms with E-state index in [0.29, 0.717) is 5.56 Å². The fourth-order valence-electron chi connectivity index (χ4n) is 1.94. The zero-order valence-electron chi connectivity index (χ0n) is 10.7. The van der Waals surface area contributed by atoms with Crippen molar-refractivity contribution in [2.45, 2.75) is 6.54 Å². The van der Waals surface area contributed by atoms with Crippen LogP contribution in [-0.2, 0) is 6.54 Å². The van der Waals surface area contributed by atoms with Crippen LogP contribution in [0.4, 0.5) is 5.69 Å². The highest BCUT2D eigenvalue weighted by Crippen LogP contribution is 2.13. The number of nitrogens with one attached hydrogen (secondary N) is 1. The number of anilines is 1. The topological polar surface area (TPSA) is 60.1 Å². The van der Waals surface area contributed by atoms with Crippen molar-refractivity contribution in [2.24, 2.45) is 0 Å². The maximum Gasteiger partial charge on any atom is 0.258 e. The van der Waals surface area contributed by atoms with Crippen molar-refractivity contribution in [1.29, 1.82) is 0 Å². The molecule has 1 amide bonds. The standard InChI is InChI=1S/C15H13N3O2/c19-15(13-4-7-20-10-13)17-14-3-1-2-12(8-14)9-18-6-5-16-11-18/h1-8,10-11H,9H2,(H,17,19). The molecule has 0 spiro atoms. The molecule has 0 aliphatic rings. The zero-order valence-corrected chi connectivity index (χ0v) is 10.7. The number of hydrogen-bond acceptors (Lipinski definition) is 3. The molecule has 1 aromatic carbocycles. The SMILES string of the molecule is O=C(Nc1cccc(Cn2ccnc2)c1)c1ccoc1. The molecule has 100 valence electrons. The number of hydrogen-bond donors (Lipinski definition) is 1. The summed E-state index contributed by atoms with van der Waals surface area (Å²) >= 11 is 0. The summed E-state index contributed by atoms with van der Waals surface area (Å²) in [6, 6.07) is 9.35. The van der Waals surface area contributed by atoms with Crippen molar-refractivity contribution in [2.75, 3.05) is 5.32 Å². The van der Waals surface area contributed by atoms with E-state index in [-0.39, 0.29) is 5.91 Å². The molecule has 3 rings (SSSR count). The second-order valence-corrected chi connectivity index (χ2v) is 4.40. The third-order valence-corrected chi connectivity index (χ3v) is 2.89. The van der Waals surface area contributed by atoms with Crippen LogP contribution in [0.1, 0.15) is 15.9 Å². The molecule has 0 aliphatic carbocycles. The summed E-state index contributed by atoms with van der Waals surface area (Å²) in [5.74, 6) is -0.182. The Hall–Kier alpha value is -2.82. The Morgan fingerprint density at radius 1 is 1.35 bits per heavy atom. The minimum absolute atomic E-state index is 0.182. The van der Waals surface area contributed by atoms with Crippen LogP contribution in [0.25, 0.3) is 0 Å². The number of carbonyl (C=O) groups excluding carboxylic acids is 1. The first-order valence-electron chi connectivity index (χ1n) is 6.19. The van der Waals surface area contributed by atoms with E-state index in [0.717, 1.165) is 17.8 Å². The number of carbonyl (C=O) groups is 1. The molecular formula is C15H13N3O2. The van der Waals surface area contributed by atoms with Crippen LogP contribution in [0.15, 0.2) is 66.0 Å². The monoisotopic (exact) mass is 267 g/mol. The minimum Gasteiger partial charge on any atom is -0.472 e. The molecule has 0 saturated heterocycles. The highest BCUT2D eigenvalue weighted by Gasteiger charge is 2.07. The summed E-state index contributed by atoms with van der Waals surface area (Å²) in [5, 5.41) is 2.84. The quantitative estimate of drug-likeness (QED) is 0.790. The zero-order chi connectivity index (χ0) is 13.8. The second kappa shape index (κ2) is 5.44. The lowest BCUT2D eigenvalue weighted by atomic mass is 10.2. The van der Waals surface area contributed by atoms with Gasteiger partial charge in [-0.1, -0.05) is 12.1 Å². The van der Waals surface area contributed by atoms with E-state index >= 15 is 0 Å². The second-order valence-electron chi connectivity index (χ2n) is 4.40. The molecular weight excluding hydrogens is 254 g/mol. The third-order valence-electron chi connectivity index (χ3n) is 2.89.